The lowest BCUT2D eigenvalue weighted by Gasteiger charge is -2.15. The highest BCUT2D eigenvalue weighted by Gasteiger charge is 2.17. The van der Waals surface area contributed by atoms with Crippen LogP contribution in [0.25, 0.3) is 10.8 Å². The summed E-state index contributed by atoms with van der Waals surface area (Å²) >= 11 is 0. The van der Waals surface area contributed by atoms with Crippen molar-refractivity contribution in [3.8, 4) is 5.75 Å². The van der Waals surface area contributed by atoms with Crippen LogP contribution in [-0.2, 0) is 13.0 Å². The molecule has 1 unspecified atom stereocenters. The van der Waals surface area contributed by atoms with Gasteiger partial charge in [0.1, 0.15) is 18.5 Å². The first-order valence-corrected chi connectivity index (χ1v) is 9.15. The van der Waals surface area contributed by atoms with Crippen LogP contribution in [-0.4, -0.2) is 40.6 Å². The molecule has 0 radical (unpaired) electrons. The van der Waals surface area contributed by atoms with Crippen LogP contribution in [0.2, 0.25) is 0 Å². The van der Waals surface area contributed by atoms with Crippen molar-refractivity contribution < 1.29 is 14.6 Å². The lowest BCUT2D eigenvalue weighted by atomic mass is 10.1. The molecule has 3 rings (SSSR count). The zero-order valence-electron chi connectivity index (χ0n) is 15.9. The van der Waals surface area contributed by atoms with E-state index >= 15 is 0 Å². The number of rotatable bonds is 7. The third-order valence-electron chi connectivity index (χ3n) is 4.47. The van der Waals surface area contributed by atoms with Crippen LogP contribution in [0.1, 0.15) is 23.0 Å². The van der Waals surface area contributed by atoms with Gasteiger partial charge in [0.2, 0.25) is 0 Å². The molecule has 1 atom stereocenters. The Balaban J connectivity index is 1.79. The molecule has 7 heteroatoms. The third-order valence-corrected chi connectivity index (χ3v) is 4.47. The molecular formula is C21H23N3O4. The molecule has 0 saturated heterocycles. The minimum Gasteiger partial charge on any atom is -0.491 e. The van der Waals surface area contributed by atoms with Gasteiger partial charge in [-0.15, -0.1) is 0 Å². The summed E-state index contributed by atoms with van der Waals surface area (Å²) < 4.78 is 6.71. The lowest BCUT2D eigenvalue weighted by Crippen LogP contribution is -2.34. The van der Waals surface area contributed by atoms with E-state index in [1.165, 1.54) is 12.6 Å². The molecular weight excluding hydrogens is 358 g/mol. The van der Waals surface area contributed by atoms with Gasteiger partial charge < -0.3 is 15.2 Å². The molecule has 2 aromatic carbocycles. The normalized spacial score (nSPS) is 12.0. The van der Waals surface area contributed by atoms with E-state index in [9.17, 15) is 14.7 Å². The van der Waals surface area contributed by atoms with Gasteiger partial charge in [-0.3, -0.25) is 9.59 Å². The van der Waals surface area contributed by atoms with Crippen molar-refractivity contribution in [3.63, 3.8) is 0 Å². The average Bonchev–Trinajstić information content (AvgIpc) is 2.74. The smallest absolute Gasteiger partial charge is 0.274 e. The second-order valence-corrected chi connectivity index (χ2v) is 6.42. The number of nitrogens with one attached hydrogen (secondary N) is 1. The Hall–Kier alpha value is -3.19. The molecule has 0 spiro atoms. The molecule has 0 bridgehead atoms. The number of hydrogen-bond acceptors (Lipinski definition) is 5. The third kappa shape index (κ3) is 4.20. The number of carbonyl (C=O) groups excluding carboxylic acids is 1. The average molecular weight is 381 g/mol. The molecule has 2 N–H and O–H groups in total. The van der Waals surface area contributed by atoms with Crippen molar-refractivity contribution in [2.24, 2.45) is 0 Å². The summed E-state index contributed by atoms with van der Waals surface area (Å²) in [7, 11) is 1.50. The number of aliphatic hydroxyl groups is 1. The second kappa shape index (κ2) is 8.67. The van der Waals surface area contributed by atoms with Gasteiger partial charge in [-0.1, -0.05) is 37.3 Å². The molecule has 0 fully saturated rings. The van der Waals surface area contributed by atoms with Gasteiger partial charge in [-0.25, -0.2) is 4.68 Å². The largest absolute Gasteiger partial charge is 0.491 e. The molecule has 1 heterocycles. The summed E-state index contributed by atoms with van der Waals surface area (Å²) in [6, 6.07) is 14.4. The Labute approximate surface area is 162 Å². The molecule has 0 saturated carbocycles. The zero-order valence-corrected chi connectivity index (χ0v) is 15.9. The predicted molar refractivity (Wildman–Crippen MR) is 107 cm³/mol. The van der Waals surface area contributed by atoms with Crippen molar-refractivity contribution in [2.75, 3.05) is 13.7 Å². The molecule has 7 nitrogen and oxygen atoms in total. The maximum atomic E-state index is 12.7. The molecule has 3 aromatic rings. The standard InChI is InChI=1S/C21H23N3O4/c1-3-14-8-10-16(11-9-14)28-13-15(25)12-24-21(27)18-7-5-4-6-17(18)19(23-24)20(26)22-2/h4-11,15,25H,3,12-13H2,1-2H3,(H,22,26). The van der Waals surface area contributed by atoms with Gasteiger partial charge in [-0.05, 0) is 30.2 Å². The van der Waals surface area contributed by atoms with E-state index in [1.807, 2.05) is 24.3 Å². The number of aryl methyl sites for hydroxylation is 1. The Morgan fingerprint density at radius 3 is 2.50 bits per heavy atom. The summed E-state index contributed by atoms with van der Waals surface area (Å²) in [6.45, 7) is 1.99. The quantitative estimate of drug-likeness (QED) is 0.650. The summed E-state index contributed by atoms with van der Waals surface area (Å²) in [6.07, 6.45) is -0.0256. The van der Waals surface area contributed by atoms with Crippen molar-refractivity contribution >= 4 is 16.7 Å². The van der Waals surface area contributed by atoms with Gasteiger partial charge in [0.25, 0.3) is 11.5 Å². The summed E-state index contributed by atoms with van der Waals surface area (Å²) in [5, 5.41) is 17.9. The number of hydrogen-bond donors (Lipinski definition) is 2. The van der Waals surface area contributed by atoms with E-state index in [0.29, 0.717) is 16.5 Å². The number of aliphatic hydroxyl groups excluding tert-OH is 1. The Morgan fingerprint density at radius 1 is 1.18 bits per heavy atom. The summed E-state index contributed by atoms with van der Waals surface area (Å²) in [5.41, 5.74) is 0.970. The SMILES string of the molecule is CCc1ccc(OCC(O)Cn2nc(C(=O)NC)c3ccccc3c2=O)cc1. The highest BCUT2D eigenvalue weighted by atomic mass is 16.5. The first kappa shape index (κ1) is 19.6. The molecule has 0 aliphatic carbocycles. The zero-order chi connectivity index (χ0) is 20.1. The van der Waals surface area contributed by atoms with Crippen LogP contribution in [0.3, 0.4) is 0 Å². The van der Waals surface area contributed by atoms with Gasteiger partial charge in [0.05, 0.1) is 11.9 Å². The lowest BCUT2D eigenvalue weighted by molar-refractivity contribution is 0.0867. The van der Waals surface area contributed by atoms with E-state index < -0.39 is 12.0 Å². The fraction of sp³-hybridized carbons (Fsp3) is 0.286. The molecule has 28 heavy (non-hydrogen) atoms. The fourth-order valence-corrected chi connectivity index (χ4v) is 2.91. The number of ether oxygens (including phenoxy) is 1. The fourth-order valence-electron chi connectivity index (χ4n) is 2.91. The van der Waals surface area contributed by atoms with E-state index in [-0.39, 0.29) is 24.4 Å². The predicted octanol–water partition coefficient (Wildman–Crippen LogP) is 1.76. The number of nitrogens with zero attached hydrogens (tertiary/aromatic N) is 2. The molecule has 1 amide bonds. The Morgan fingerprint density at radius 2 is 1.86 bits per heavy atom. The number of carbonyl (C=O) groups is 1. The Bertz CT molecular complexity index is 1030. The Kier molecular flexibility index (Phi) is 6.06. The topological polar surface area (TPSA) is 93.4 Å². The van der Waals surface area contributed by atoms with E-state index in [0.717, 1.165) is 11.1 Å². The maximum Gasteiger partial charge on any atom is 0.274 e. The molecule has 1 aromatic heterocycles. The summed E-state index contributed by atoms with van der Waals surface area (Å²) in [4.78, 5) is 24.9. The monoisotopic (exact) mass is 381 g/mol. The van der Waals surface area contributed by atoms with Crippen molar-refractivity contribution in [2.45, 2.75) is 26.0 Å². The van der Waals surface area contributed by atoms with Gasteiger partial charge >= 0.3 is 0 Å². The van der Waals surface area contributed by atoms with Crippen molar-refractivity contribution in [1.82, 2.24) is 15.1 Å². The number of benzene rings is 2. The van der Waals surface area contributed by atoms with Gasteiger partial charge in [0, 0.05) is 12.4 Å². The van der Waals surface area contributed by atoms with Gasteiger partial charge in [0.15, 0.2) is 5.69 Å². The van der Waals surface area contributed by atoms with Crippen molar-refractivity contribution in [1.29, 1.82) is 0 Å². The van der Waals surface area contributed by atoms with Crippen LogP contribution in [0.15, 0.2) is 53.3 Å². The maximum absolute atomic E-state index is 12.7. The van der Waals surface area contributed by atoms with E-state index in [2.05, 4.69) is 17.3 Å². The number of amides is 1. The first-order chi connectivity index (χ1) is 13.5. The van der Waals surface area contributed by atoms with E-state index in [1.54, 1.807) is 24.3 Å². The molecule has 0 aliphatic heterocycles. The highest BCUT2D eigenvalue weighted by Crippen LogP contribution is 2.14. The molecule has 146 valence electrons. The first-order valence-electron chi connectivity index (χ1n) is 9.15. The van der Waals surface area contributed by atoms with E-state index in [4.69, 9.17) is 4.74 Å². The van der Waals surface area contributed by atoms with Crippen LogP contribution in [0, 0.1) is 0 Å². The van der Waals surface area contributed by atoms with Crippen LogP contribution in [0.5, 0.6) is 5.75 Å². The van der Waals surface area contributed by atoms with Crippen LogP contribution < -0.4 is 15.6 Å². The van der Waals surface area contributed by atoms with Gasteiger partial charge in [-0.2, -0.15) is 5.10 Å². The number of aromatic nitrogens is 2. The summed E-state index contributed by atoms with van der Waals surface area (Å²) in [5.74, 6) is 0.243. The highest BCUT2D eigenvalue weighted by molar-refractivity contribution is 6.04. The van der Waals surface area contributed by atoms with Crippen molar-refractivity contribution in [3.05, 3.63) is 70.1 Å². The second-order valence-electron chi connectivity index (χ2n) is 6.42. The minimum absolute atomic E-state index is 0.00171. The van der Waals surface area contributed by atoms with Crippen LogP contribution >= 0.6 is 0 Å². The minimum atomic E-state index is -0.963. The molecule has 0 aliphatic rings. The van der Waals surface area contributed by atoms with Crippen LogP contribution in [0.4, 0.5) is 0 Å². The number of fused-ring (bicyclic) bond motifs is 1.